The fraction of sp³-hybridized carbons (Fsp3) is 0. The van der Waals surface area contributed by atoms with E-state index in [9.17, 15) is 4.79 Å². The number of fused-ring (bicyclic) bond motifs is 1. The minimum absolute atomic E-state index is 0.478. The minimum atomic E-state index is 0.478. The highest BCUT2D eigenvalue weighted by Crippen LogP contribution is 2.21. The number of carbonyl (C=O) groups excluding carboxylic acids is 1. The number of para-hydroxylation sites is 1. The van der Waals surface area contributed by atoms with Crippen molar-refractivity contribution in [2.24, 2.45) is 0 Å². The summed E-state index contributed by atoms with van der Waals surface area (Å²) in [7, 11) is 0. The SMILES string of the molecule is O=CNc1cc2ccccc2o1. The van der Waals surface area contributed by atoms with Crippen LogP contribution in [-0.4, -0.2) is 6.41 Å². The van der Waals surface area contributed by atoms with Gasteiger partial charge in [0.2, 0.25) is 12.3 Å². The summed E-state index contributed by atoms with van der Waals surface area (Å²) in [4.78, 5) is 10.1. The lowest BCUT2D eigenvalue weighted by Crippen LogP contribution is -1.89. The van der Waals surface area contributed by atoms with Gasteiger partial charge in [0.15, 0.2) is 0 Å². The Balaban J connectivity index is 2.54. The van der Waals surface area contributed by atoms with Gasteiger partial charge in [-0.25, -0.2) is 0 Å². The monoisotopic (exact) mass is 161 g/mol. The van der Waals surface area contributed by atoms with Gasteiger partial charge in [-0.2, -0.15) is 0 Å². The quantitative estimate of drug-likeness (QED) is 0.684. The molecule has 0 bridgehead atoms. The van der Waals surface area contributed by atoms with E-state index in [0.29, 0.717) is 12.3 Å². The predicted octanol–water partition coefficient (Wildman–Crippen LogP) is 2.00. The van der Waals surface area contributed by atoms with Gasteiger partial charge in [0, 0.05) is 11.5 Å². The summed E-state index contributed by atoms with van der Waals surface area (Å²) >= 11 is 0. The normalized spacial score (nSPS) is 10.0. The van der Waals surface area contributed by atoms with Gasteiger partial charge in [0.25, 0.3) is 0 Å². The standard InChI is InChI=1S/C9H7NO2/c11-6-10-9-5-7-3-1-2-4-8(7)12-9/h1-6H,(H,10,11). The van der Waals surface area contributed by atoms with E-state index in [1.165, 1.54) is 0 Å². The first-order valence-corrected chi connectivity index (χ1v) is 3.59. The Morgan fingerprint density at radius 3 is 2.92 bits per heavy atom. The van der Waals surface area contributed by atoms with Gasteiger partial charge in [0.1, 0.15) is 5.58 Å². The highest BCUT2D eigenvalue weighted by Gasteiger charge is 1.99. The van der Waals surface area contributed by atoms with E-state index in [1.807, 2.05) is 24.3 Å². The second-order valence-corrected chi connectivity index (χ2v) is 2.41. The van der Waals surface area contributed by atoms with Crippen LogP contribution in [0.2, 0.25) is 0 Å². The maximum atomic E-state index is 10.1. The molecule has 1 aromatic carbocycles. The second kappa shape index (κ2) is 2.70. The molecule has 0 radical (unpaired) electrons. The average Bonchev–Trinajstić information content (AvgIpc) is 2.47. The first-order valence-electron chi connectivity index (χ1n) is 3.59. The van der Waals surface area contributed by atoms with E-state index in [0.717, 1.165) is 11.0 Å². The molecule has 3 nitrogen and oxygen atoms in total. The van der Waals surface area contributed by atoms with Crippen molar-refractivity contribution in [1.29, 1.82) is 0 Å². The molecule has 1 heterocycles. The van der Waals surface area contributed by atoms with Crippen molar-refractivity contribution in [3.63, 3.8) is 0 Å². The molecule has 0 fully saturated rings. The Kier molecular flexibility index (Phi) is 1.55. The minimum Gasteiger partial charge on any atom is -0.440 e. The zero-order valence-corrected chi connectivity index (χ0v) is 6.28. The van der Waals surface area contributed by atoms with Gasteiger partial charge >= 0.3 is 0 Å². The fourth-order valence-electron chi connectivity index (χ4n) is 1.11. The summed E-state index contributed by atoms with van der Waals surface area (Å²) < 4.78 is 5.27. The first-order chi connectivity index (χ1) is 5.90. The van der Waals surface area contributed by atoms with Crippen LogP contribution < -0.4 is 5.32 Å². The molecule has 0 atom stereocenters. The van der Waals surface area contributed by atoms with Gasteiger partial charge in [-0.1, -0.05) is 18.2 Å². The number of rotatable bonds is 2. The van der Waals surface area contributed by atoms with Crippen molar-refractivity contribution in [3.8, 4) is 0 Å². The zero-order valence-electron chi connectivity index (χ0n) is 6.28. The van der Waals surface area contributed by atoms with E-state index < -0.39 is 0 Å². The Morgan fingerprint density at radius 1 is 1.33 bits per heavy atom. The number of amides is 1. The molecule has 2 rings (SSSR count). The molecule has 2 aromatic rings. The van der Waals surface area contributed by atoms with Crippen LogP contribution in [-0.2, 0) is 4.79 Å². The van der Waals surface area contributed by atoms with Crippen molar-refractivity contribution in [1.82, 2.24) is 0 Å². The van der Waals surface area contributed by atoms with Crippen LogP contribution in [0.4, 0.5) is 5.88 Å². The second-order valence-electron chi connectivity index (χ2n) is 2.41. The summed E-state index contributed by atoms with van der Waals surface area (Å²) in [5, 5.41) is 3.44. The molecule has 1 N–H and O–H groups in total. The van der Waals surface area contributed by atoms with Crippen molar-refractivity contribution in [3.05, 3.63) is 30.3 Å². The van der Waals surface area contributed by atoms with Crippen LogP contribution in [0.1, 0.15) is 0 Å². The Labute approximate surface area is 69.0 Å². The highest BCUT2D eigenvalue weighted by atomic mass is 16.4. The van der Waals surface area contributed by atoms with Crippen LogP contribution in [0.5, 0.6) is 0 Å². The molecule has 0 aliphatic heterocycles. The molecule has 0 unspecified atom stereocenters. The Hall–Kier alpha value is -1.77. The molecule has 0 spiro atoms. The summed E-state index contributed by atoms with van der Waals surface area (Å²) in [6, 6.07) is 9.36. The number of hydrogen-bond acceptors (Lipinski definition) is 2. The summed E-state index contributed by atoms with van der Waals surface area (Å²) in [5.74, 6) is 0.478. The fourth-order valence-corrected chi connectivity index (χ4v) is 1.11. The molecule has 1 amide bonds. The predicted molar refractivity (Wildman–Crippen MR) is 45.9 cm³/mol. The first kappa shape index (κ1) is 6.91. The number of furan rings is 1. The number of anilines is 1. The van der Waals surface area contributed by atoms with Crippen LogP contribution in [0, 0.1) is 0 Å². The van der Waals surface area contributed by atoms with E-state index in [1.54, 1.807) is 6.07 Å². The highest BCUT2D eigenvalue weighted by molar-refractivity contribution is 5.83. The maximum Gasteiger partial charge on any atom is 0.213 e. The summed E-state index contributed by atoms with van der Waals surface area (Å²) in [6.07, 6.45) is 0.595. The largest absolute Gasteiger partial charge is 0.440 e. The smallest absolute Gasteiger partial charge is 0.213 e. The van der Waals surface area contributed by atoms with E-state index in [2.05, 4.69) is 5.32 Å². The van der Waals surface area contributed by atoms with Crippen LogP contribution in [0.15, 0.2) is 34.7 Å². The number of nitrogens with one attached hydrogen (secondary N) is 1. The third-order valence-electron chi connectivity index (χ3n) is 1.63. The number of benzene rings is 1. The molecule has 3 heteroatoms. The van der Waals surface area contributed by atoms with Crippen LogP contribution in [0.3, 0.4) is 0 Å². The van der Waals surface area contributed by atoms with Crippen molar-refractivity contribution < 1.29 is 9.21 Å². The lowest BCUT2D eigenvalue weighted by Gasteiger charge is -1.86. The topological polar surface area (TPSA) is 42.2 Å². The average molecular weight is 161 g/mol. The molecule has 0 saturated heterocycles. The van der Waals surface area contributed by atoms with Gasteiger partial charge in [-0.15, -0.1) is 0 Å². The van der Waals surface area contributed by atoms with Gasteiger partial charge in [-0.3, -0.25) is 10.1 Å². The van der Waals surface area contributed by atoms with Gasteiger partial charge in [-0.05, 0) is 6.07 Å². The Morgan fingerprint density at radius 2 is 2.17 bits per heavy atom. The molecule has 12 heavy (non-hydrogen) atoms. The summed E-state index contributed by atoms with van der Waals surface area (Å²) in [6.45, 7) is 0. The van der Waals surface area contributed by atoms with Crippen LogP contribution in [0.25, 0.3) is 11.0 Å². The van der Waals surface area contributed by atoms with Gasteiger partial charge in [0.05, 0.1) is 0 Å². The molecular formula is C9H7NO2. The molecular weight excluding hydrogens is 154 g/mol. The van der Waals surface area contributed by atoms with Crippen molar-refractivity contribution in [2.45, 2.75) is 0 Å². The lowest BCUT2D eigenvalue weighted by atomic mass is 10.3. The van der Waals surface area contributed by atoms with E-state index in [-0.39, 0.29) is 0 Å². The Bertz CT molecular complexity index is 373. The molecule has 0 aliphatic rings. The maximum absolute atomic E-state index is 10.1. The van der Waals surface area contributed by atoms with E-state index in [4.69, 9.17) is 4.42 Å². The molecule has 1 aromatic heterocycles. The number of carbonyl (C=O) groups is 1. The summed E-state index contributed by atoms with van der Waals surface area (Å²) in [5.41, 5.74) is 0.779. The van der Waals surface area contributed by atoms with Crippen LogP contribution >= 0.6 is 0 Å². The molecule has 0 saturated carbocycles. The van der Waals surface area contributed by atoms with E-state index >= 15 is 0 Å². The molecule has 0 aliphatic carbocycles. The third kappa shape index (κ3) is 1.05. The van der Waals surface area contributed by atoms with Crippen molar-refractivity contribution in [2.75, 3.05) is 5.32 Å². The van der Waals surface area contributed by atoms with Gasteiger partial charge < -0.3 is 4.42 Å². The molecule has 60 valence electrons. The third-order valence-corrected chi connectivity index (χ3v) is 1.63. The lowest BCUT2D eigenvalue weighted by molar-refractivity contribution is -0.105. The van der Waals surface area contributed by atoms with Crippen molar-refractivity contribution >= 4 is 23.3 Å². The zero-order chi connectivity index (χ0) is 8.39. The number of hydrogen-bond donors (Lipinski definition) is 1.